The maximum atomic E-state index is 6.38. The molecule has 8 nitrogen and oxygen atoms in total. The third-order valence-electron chi connectivity index (χ3n) is 8.72. The van der Waals surface area contributed by atoms with Crippen molar-refractivity contribution in [3.63, 3.8) is 0 Å². The first-order chi connectivity index (χ1) is 16.2. The monoisotopic (exact) mass is 464 g/mol. The highest BCUT2D eigenvalue weighted by atomic mass is 16.5. The summed E-state index contributed by atoms with van der Waals surface area (Å²) in [6.45, 7) is 9.18. The van der Waals surface area contributed by atoms with Crippen molar-refractivity contribution in [3.05, 3.63) is 0 Å². The quantitative estimate of drug-likeness (QED) is 0.455. The molecule has 7 unspecified atom stereocenters. The molecule has 0 spiro atoms. The van der Waals surface area contributed by atoms with Gasteiger partial charge in [-0.15, -0.1) is 0 Å². The molecule has 0 radical (unpaired) electrons. The van der Waals surface area contributed by atoms with E-state index >= 15 is 0 Å². The number of hydrazine groups is 1. The molecule has 1 saturated carbocycles. The average molecular weight is 465 g/mol. The zero-order valence-corrected chi connectivity index (χ0v) is 20.8. The Hall–Kier alpha value is -0.320. The number of morpholine rings is 1. The highest BCUT2D eigenvalue weighted by Crippen LogP contribution is 2.34. The Balaban J connectivity index is 1.16. The molecular weight excluding hydrogens is 416 g/mol. The summed E-state index contributed by atoms with van der Waals surface area (Å²) in [5, 5.41) is 13.7. The van der Waals surface area contributed by atoms with Crippen LogP contribution in [0.4, 0.5) is 0 Å². The van der Waals surface area contributed by atoms with Crippen LogP contribution >= 0.6 is 0 Å². The van der Waals surface area contributed by atoms with E-state index in [4.69, 9.17) is 9.47 Å². The molecule has 33 heavy (non-hydrogen) atoms. The van der Waals surface area contributed by atoms with Crippen LogP contribution in [0.3, 0.4) is 0 Å². The number of rotatable bonds is 7. The Morgan fingerprint density at radius 2 is 1.79 bits per heavy atom. The van der Waals surface area contributed by atoms with Crippen molar-refractivity contribution in [2.45, 2.75) is 102 Å². The van der Waals surface area contributed by atoms with Crippen LogP contribution < -0.4 is 21.4 Å². The summed E-state index contributed by atoms with van der Waals surface area (Å²) in [5.74, 6) is 1.73. The van der Waals surface area contributed by atoms with Gasteiger partial charge in [-0.2, -0.15) is 0 Å². The Bertz CT molecular complexity index is 585. The first kappa shape index (κ1) is 24.4. The topological polar surface area (TPSA) is 73.1 Å². The summed E-state index contributed by atoms with van der Waals surface area (Å²) in [6.07, 6.45) is 13.5. The van der Waals surface area contributed by atoms with Crippen LogP contribution in [0.1, 0.15) is 71.1 Å². The largest absolute Gasteiger partial charge is 0.379 e. The fourth-order valence-electron chi connectivity index (χ4n) is 6.75. The van der Waals surface area contributed by atoms with Crippen molar-refractivity contribution < 1.29 is 9.47 Å². The third kappa shape index (κ3) is 6.67. The minimum absolute atomic E-state index is 0.101. The normalized spacial score (nSPS) is 41.9. The molecule has 4 saturated heterocycles. The van der Waals surface area contributed by atoms with Gasteiger partial charge in [0.1, 0.15) is 0 Å². The van der Waals surface area contributed by atoms with Gasteiger partial charge >= 0.3 is 0 Å². The summed E-state index contributed by atoms with van der Waals surface area (Å²) in [4.78, 5) is 2.55. The van der Waals surface area contributed by atoms with E-state index in [-0.39, 0.29) is 6.35 Å². The van der Waals surface area contributed by atoms with Crippen LogP contribution in [-0.4, -0.2) is 86.7 Å². The lowest BCUT2D eigenvalue weighted by Gasteiger charge is -2.46. The fraction of sp³-hybridized carbons (Fsp3) is 1.00. The second-order valence-electron chi connectivity index (χ2n) is 11.2. The second-order valence-corrected chi connectivity index (χ2v) is 11.2. The van der Waals surface area contributed by atoms with Crippen molar-refractivity contribution >= 4 is 0 Å². The van der Waals surface area contributed by atoms with Crippen molar-refractivity contribution in [2.75, 3.05) is 46.0 Å². The van der Waals surface area contributed by atoms with Gasteiger partial charge < -0.3 is 14.8 Å². The lowest BCUT2D eigenvalue weighted by Crippen LogP contribution is -2.69. The Kier molecular flexibility index (Phi) is 8.93. The van der Waals surface area contributed by atoms with Crippen LogP contribution in [0.15, 0.2) is 0 Å². The van der Waals surface area contributed by atoms with Gasteiger partial charge in [-0.1, -0.05) is 26.2 Å². The van der Waals surface area contributed by atoms with Crippen LogP contribution in [0.25, 0.3) is 0 Å². The molecule has 4 N–H and O–H groups in total. The van der Waals surface area contributed by atoms with Crippen molar-refractivity contribution in [3.8, 4) is 0 Å². The smallest absolute Gasteiger partial charge is 0.165 e. The number of hydrogen-bond acceptors (Lipinski definition) is 8. The van der Waals surface area contributed by atoms with E-state index in [1.165, 1.54) is 51.4 Å². The summed E-state index contributed by atoms with van der Waals surface area (Å²) < 4.78 is 12.0. The molecule has 4 heterocycles. The second kappa shape index (κ2) is 12.1. The van der Waals surface area contributed by atoms with Gasteiger partial charge in [-0.05, 0) is 56.9 Å². The summed E-state index contributed by atoms with van der Waals surface area (Å²) >= 11 is 0. The third-order valence-corrected chi connectivity index (χ3v) is 8.72. The molecule has 7 atom stereocenters. The summed E-state index contributed by atoms with van der Waals surface area (Å²) in [6, 6.07) is 1.26. The Morgan fingerprint density at radius 3 is 2.61 bits per heavy atom. The molecule has 0 aromatic carbocycles. The van der Waals surface area contributed by atoms with E-state index in [9.17, 15) is 0 Å². The minimum atomic E-state index is -0.101. The summed E-state index contributed by atoms with van der Waals surface area (Å²) in [7, 11) is 0. The van der Waals surface area contributed by atoms with E-state index in [1.54, 1.807) is 0 Å². The molecule has 0 aromatic heterocycles. The maximum absolute atomic E-state index is 6.38. The Morgan fingerprint density at radius 1 is 0.909 bits per heavy atom. The molecule has 5 rings (SSSR count). The fourth-order valence-corrected chi connectivity index (χ4v) is 6.75. The van der Waals surface area contributed by atoms with E-state index in [0.717, 1.165) is 70.7 Å². The summed E-state index contributed by atoms with van der Waals surface area (Å²) in [5.41, 5.74) is 3.94. The van der Waals surface area contributed by atoms with Crippen molar-refractivity contribution in [1.82, 2.24) is 31.3 Å². The molecule has 1 aliphatic carbocycles. The Labute approximate surface area is 200 Å². The van der Waals surface area contributed by atoms with Gasteiger partial charge in [-0.25, -0.2) is 5.01 Å². The minimum Gasteiger partial charge on any atom is -0.379 e. The van der Waals surface area contributed by atoms with Crippen molar-refractivity contribution in [2.24, 2.45) is 11.8 Å². The number of ether oxygens (including phenoxy) is 2. The van der Waals surface area contributed by atoms with Gasteiger partial charge in [0.05, 0.1) is 32.2 Å². The van der Waals surface area contributed by atoms with Crippen LogP contribution in [-0.2, 0) is 9.47 Å². The number of nitrogens with zero attached hydrogens (tertiary/aromatic N) is 2. The lowest BCUT2D eigenvalue weighted by molar-refractivity contribution is -0.0992. The predicted molar refractivity (Wildman–Crippen MR) is 130 cm³/mol. The lowest BCUT2D eigenvalue weighted by atomic mass is 9.78. The van der Waals surface area contributed by atoms with Gasteiger partial charge in [0, 0.05) is 38.1 Å². The van der Waals surface area contributed by atoms with E-state index in [0.29, 0.717) is 24.4 Å². The molecule has 5 fully saturated rings. The van der Waals surface area contributed by atoms with Gasteiger partial charge in [0.2, 0.25) is 0 Å². The first-order valence-electron chi connectivity index (χ1n) is 14.0. The SMILES string of the molecule is CC1CCCC(C2CCN(C3CC(N4CCOCC4)NC(OCCC4CCCCN4)N3)N2)C1. The van der Waals surface area contributed by atoms with E-state index in [1.807, 2.05) is 0 Å². The zero-order valence-electron chi connectivity index (χ0n) is 20.8. The first-order valence-corrected chi connectivity index (χ1v) is 14.0. The molecule has 0 aromatic rings. The molecular formula is C25H48N6O2. The number of nitrogens with one attached hydrogen (secondary N) is 4. The van der Waals surface area contributed by atoms with Crippen LogP contribution in [0.2, 0.25) is 0 Å². The zero-order chi connectivity index (χ0) is 22.5. The predicted octanol–water partition coefficient (Wildman–Crippen LogP) is 1.79. The van der Waals surface area contributed by atoms with E-state index < -0.39 is 0 Å². The number of hydrogen-bond donors (Lipinski definition) is 4. The van der Waals surface area contributed by atoms with Gasteiger partial charge in [0.25, 0.3) is 0 Å². The standard InChI is InChI=1S/C25H48N6O2/c1-19-5-4-6-20(17-19)22-8-11-31(29-22)24-18-23(30-12-15-32-16-13-30)27-25(28-24)33-14-9-21-7-2-3-10-26-21/h19-29H,2-18H2,1H3. The maximum Gasteiger partial charge on any atom is 0.165 e. The van der Waals surface area contributed by atoms with Crippen molar-refractivity contribution in [1.29, 1.82) is 0 Å². The van der Waals surface area contributed by atoms with E-state index in [2.05, 4.69) is 38.2 Å². The van der Waals surface area contributed by atoms with Gasteiger partial charge in [0.15, 0.2) is 6.35 Å². The highest BCUT2D eigenvalue weighted by Gasteiger charge is 2.39. The molecule has 4 aliphatic heterocycles. The van der Waals surface area contributed by atoms with Crippen LogP contribution in [0.5, 0.6) is 0 Å². The highest BCUT2D eigenvalue weighted by molar-refractivity contribution is 4.90. The average Bonchev–Trinajstić information content (AvgIpc) is 3.36. The van der Waals surface area contributed by atoms with Gasteiger partial charge in [-0.3, -0.25) is 21.0 Å². The molecule has 8 heteroatoms. The molecule has 0 bridgehead atoms. The molecule has 190 valence electrons. The molecule has 5 aliphatic rings. The number of piperidine rings is 1. The molecule has 0 amide bonds. The van der Waals surface area contributed by atoms with Crippen LogP contribution in [0, 0.1) is 11.8 Å².